The van der Waals surface area contributed by atoms with E-state index >= 15 is 0 Å². The van der Waals surface area contributed by atoms with Crippen LogP contribution in [0.15, 0.2) is 23.1 Å². The van der Waals surface area contributed by atoms with Crippen molar-refractivity contribution in [2.45, 2.75) is 32.2 Å². The van der Waals surface area contributed by atoms with Crippen molar-refractivity contribution in [3.63, 3.8) is 0 Å². The number of aryl methyl sites for hydroxylation is 1. The summed E-state index contributed by atoms with van der Waals surface area (Å²) in [6.07, 6.45) is 3.11. The zero-order valence-electron chi connectivity index (χ0n) is 11.6. The number of aromatic nitrogens is 1. The normalized spacial score (nSPS) is 13.7. The lowest BCUT2D eigenvalue weighted by Gasteiger charge is -2.28. The third-order valence-electron chi connectivity index (χ3n) is 2.94. The van der Waals surface area contributed by atoms with Crippen LogP contribution in [0, 0.1) is 0 Å². The van der Waals surface area contributed by atoms with Crippen LogP contribution in [0.3, 0.4) is 0 Å². The van der Waals surface area contributed by atoms with Crippen LogP contribution in [-0.2, 0) is 7.05 Å². The summed E-state index contributed by atoms with van der Waals surface area (Å²) in [5.74, 6) is 0. The zero-order chi connectivity index (χ0) is 14.5. The van der Waals surface area contributed by atoms with E-state index in [9.17, 15) is 14.7 Å². The van der Waals surface area contributed by atoms with Gasteiger partial charge in [0.2, 0.25) is 0 Å². The molecular formula is C13H21N3O3. The van der Waals surface area contributed by atoms with Crippen LogP contribution in [0.4, 0.5) is 10.5 Å². The molecule has 0 radical (unpaired) electrons. The Morgan fingerprint density at radius 2 is 2.21 bits per heavy atom. The van der Waals surface area contributed by atoms with Gasteiger partial charge in [-0.15, -0.1) is 0 Å². The van der Waals surface area contributed by atoms with Crippen LogP contribution in [0.25, 0.3) is 0 Å². The number of nitrogens with zero attached hydrogens (tertiary/aromatic N) is 1. The van der Waals surface area contributed by atoms with Gasteiger partial charge in [-0.2, -0.15) is 0 Å². The van der Waals surface area contributed by atoms with Gasteiger partial charge in [0.05, 0.1) is 12.1 Å². The Hall–Kier alpha value is -1.82. The minimum atomic E-state index is -0.682. The predicted octanol–water partition coefficient (Wildman–Crippen LogP) is 1.06. The third-order valence-corrected chi connectivity index (χ3v) is 2.94. The zero-order valence-corrected chi connectivity index (χ0v) is 11.6. The fourth-order valence-corrected chi connectivity index (χ4v) is 1.85. The first-order valence-electron chi connectivity index (χ1n) is 6.27. The molecule has 0 bridgehead atoms. The number of anilines is 1. The molecule has 19 heavy (non-hydrogen) atoms. The van der Waals surface area contributed by atoms with Gasteiger partial charge in [0.25, 0.3) is 5.56 Å². The van der Waals surface area contributed by atoms with Crippen LogP contribution >= 0.6 is 0 Å². The number of carbonyl (C=O) groups is 1. The maximum atomic E-state index is 11.8. The van der Waals surface area contributed by atoms with Gasteiger partial charge in [-0.05, 0) is 25.5 Å². The van der Waals surface area contributed by atoms with Gasteiger partial charge in [-0.25, -0.2) is 4.79 Å². The lowest BCUT2D eigenvalue weighted by Crippen LogP contribution is -2.50. The second-order valence-corrected chi connectivity index (χ2v) is 4.89. The van der Waals surface area contributed by atoms with Crippen LogP contribution in [0.1, 0.15) is 26.7 Å². The second-order valence-electron chi connectivity index (χ2n) is 4.89. The number of pyridine rings is 1. The highest BCUT2D eigenvalue weighted by atomic mass is 16.3. The summed E-state index contributed by atoms with van der Waals surface area (Å²) < 4.78 is 1.38. The van der Waals surface area contributed by atoms with Crippen LogP contribution < -0.4 is 16.2 Å². The molecule has 0 fully saturated rings. The minimum absolute atomic E-state index is 0.152. The average molecular weight is 267 g/mol. The van der Waals surface area contributed by atoms with E-state index in [1.807, 2.05) is 6.92 Å². The Morgan fingerprint density at radius 3 is 2.79 bits per heavy atom. The highest BCUT2D eigenvalue weighted by Gasteiger charge is 2.24. The van der Waals surface area contributed by atoms with Crippen molar-refractivity contribution < 1.29 is 9.90 Å². The molecule has 1 heterocycles. The molecule has 6 nitrogen and oxygen atoms in total. The van der Waals surface area contributed by atoms with Gasteiger partial charge in [-0.1, -0.05) is 13.3 Å². The topological polar surface area (TPSA) is 83.4 Å². The predicted molar refractivity (Wildman–Crippen MR) is 74.2 cm³/mol. The summed E-state index contributed by atoms with van der Waals surface area (Å²) in [5.41, 5.74) is -0.753. The van der Waals surface area contributed by atoms with Crippen molar-refractivity contribution in [2.24, 2.45) is 7.05 Å². The molecule has 0 spiro atoms. The largest absolute Gasteiger partial charge is 0.394 e. The molecule has 106 valence electrons. The van der Waals surface area contributed by atoms with Crippen molar-refractivity contribution in [3.8, 4) is 0 Å². The molecule has 0 aliphatic rings. The molecule has 0 aliphatic heterocycles. The first-order chi connectivity index (χ1) is 8.91. The SMILES string of the molecule is CCCC(C)(CO)NC(=O)Nc1cccn(C)c1=O. The van der Waals surface area contributed by atoms with E-state index in [4.69, 9.17) is 0 Å². The van der Waals surface area contributed by atoms with Gasteiger partial charge < -0.3 is 20.3 Å². The molecule has 1 aromatic rings. The summed E-state index contributed by atoms with van der Waals surface area (Å²) in [5, 5.41) is 14.5. The molecule has 0 aliphatic carbocycles. The lowest BCUT2D eigenvalue weighted by atomic mass is 9.98. The van der Waals surface area contributed by atoms with E-state index in [-0.39, 0.29) is 17.9 Å². The molecule has 1 unspecified atom stereocenters. The molecule has 1 rings (SSSR count). The Labute approximate surface area is 112 Å². The number of urea groups is 1. The fourth-order valence-electron chi connectivity index (χ4n) is 1.85. The highest BCUT2D eigenvalue weighted by Crippen LogP contribution is 2.11. The van der Waals surface area contributed by atoms with E-state index in [2.05, 4.69) is 10.6 Å². The summed E-state index contributed by atoms with van der Waals surface area (Å²) in [7, 11) is 1.61. The Morgan fingerprint density at radius 1 is 1.53 bits per heavy atom. The smallest absolute Gasteiger partial charge is 0.319 e. The fraction of sp³-hybridized carbons (Fsp3) is 0.538. The molecule has 0 aromatic carbocycles. The van der Waals surface area contributed by atoms with Gasteiger partial charge in [0, 0.05) is 13.2 Å². The second kappa shape index (κ2) is 6.38. The van der Waals surface area contributed by atoms with E-state index in [0.717, 1.165) is 6.42 Å². The Kier molecular flexibility index (Phi) is 5.11. The first-order valence-corrected chi connectivity index (χ1v) is 6.27. The van der Waals surface area contributed by atoms with E-state index in [1.54, 1.807) is 26.2 Å². The number of aliphatic hydroxyl groups excluding tert-OH is 1. The van der Waals surface area contributed by atoms with E-state index in [1.165, 1.54) is 10.6 Å². The summed E-state index contributed by atoms with van der Waals surface area (Å²) in [6, 6.07) is 2.72. The molecular weight excluding hydrogens is 246 g/mol. The monoisotopic (exact) mass is 267 g/mol. The van der Waals surface area contributed by atoms with Crippen molar-refractivity contribution >= 4 is 11.7 Å². The van der Waals surface area contributed by atoms with Crippen molar-refractivity contribution in [1.29, 1.82) is 0 Å². The molecule has 0 saturated carbocycles. The first kappa shape index (κ1) is 15.2. The maximum absolute atomic E-state index is 11.8. The average Bonchev–Trinajstić information content (AvgIpc) is 2.35. The third kappa shape index (κ3) is 4.10. The van der Waals surface area contributed by atoms with E-state index in [0.29, 0.717) is 6.42 Å². The molecule has 1 aromatic heterocycles. The van der Waals surface area contributed by atoms with E-state index < -0.39 is 11.6 Å². The number of amides is 2. The standard InChI is InChI=1S/C13H21N3O3/c1-4-7-13(2,9-17)15-12(19)14-10-6-5-8-16(3)11(10)18/h5-6,8,17H,4,7,9H2,1-3H3,(H2,14,15,19). The highest BCUT2D eigenvalue weighted by molar-refractivity contribution is 5.89. The Balaban J connectivity index is 2.75. The molecule has 0 saturated heterocycles. The molecule has 3 N–H and O–H groups in total. The maximum Gasteiger partial charge on any atom is 0.319 e. The van der Waals surface area contributed by atoms with Crippen LogP contribution in [-0.4, -0.2) is 27.9 Å². The van der Waals surface area contributed by atoms with Gasteiger partial charge in [-0.3, -0.25) is 4.79 Å². The van der Waals surface area contributed by atoms with Crippen LogP contribution in [0.2, 0.25) is 0 Å². The quantitative estimate of drug-likeness (QED) is 0.746. The summed E-state index contributed by atoms with van der Waals surface area (Å²) in [6.45, 7) is 3.58. The van der Waals surface area contributed by atoms with Crippen LogP contribution in [0.5, 0.6) is 0 Å². The number of hydrogen-bond donors (Lipinski definition) is 3. The molecule has 1 atom stereocenters. The van der Waals surface area contributed by atoms with Crippen molar-refractivity contribution in [3.05, 3.63) is 28.7 Å². The lowest BCUT2D eigenvalue weighted by molar-refractivity contribution is 0.167. The van der Waals surface area contributed by atoms with Crippen molar-refractivity contribution in [2.75, 3.05) is 11.9 Å². The van der Waals surface area contributed by atoms with Gasteiger partial charge in [0.15, 0.2) is 0 Å². The van der Waals surface area contributed by atoms with Crippen molar-refractivity contribution in [1.82, 2.24) is 9.88 Å². The Bertz CT molecular complexity index is 498. The summed E-state index contributed by atoms with van der Waals surface area (Å²) >= 11 is 0. The van der Waals surface area contributed by atoms with Gasteiger partial charge >= 0.3 is 6.03 Å². The molecule has 6 heteroatoms. The number of hydrogen-bond acceptors (Lipinski definition) is 3. The van der Waals surface area contributed by atoms with Gasteiger partial charge in [0.1, 0.15) is 5.69 Å². The number of nitrogens with one attached hydrogen (secondary N) is 2. The number of carbonyl (C=O) groups excluding carboxylic acids is 1. The number of rotatable bonds is 5. The summed E-state index contributed by atoms with van der Waals surface area (Å²) in [4.78, 5) is 23.6. The number of aliphatic hydroxyl groups is 1. The minimum Gasteiger partial charge on any atom is -0.394 e. The molecule has 2 amide bonds.